The van der Waals surface area contributed by atoms with Crippen LogP contribution in [0, 0.1) is 0 Å². The summed E-state index contributed by atoms with van der Waals surface area (Å²) in [4.78, 5) is 36.3. The number of carbonyl (C=O) groups excluding carboxylic acids is 3. The van der Waals surface area contributed by atoms with Gasteiger partial charge in [0, 0.05) is 24.2 Å². The van der Waals surface area contributed by atoms with Gasteiger partial charge >= 0.3 is 6.16 Å². The number of ether oxygens (including phenoxy) is 3. The van der Waals surface area contributed by atoms with Crippen molar-refractivity contribution < 1.29 is 28.6 Å². The number of para-hydroxylation sites is 2. The van der Waals surface area contributed by atoms with Crippen molar-refractivity contribution in [2.45, 2.75) is 26.3 Å². The maximum atomic E-state index is 12.5. The van der Waals surface area contributed by atoms with Crippen LogP contribution in [0.15, 0.2) is 78.9 Å². The van der Waals surface area contributed by atoms with Gasteiger partial charge in [0.2, 0.25) is 5.91 Å². The standard InChI is InChI=1S/C27H28N2O6/c1-2-33-27(32)35-23-16-14-20(15-17-23)26(31)28-19-21-9-6-7-12-24(21)29-25(30)13-8-18-34-22-10-4-3-5-11-22/h3-7,9-12,14-17H,2,8,13,18-19H2,1H3,(H,28,31)(H,29,30). The van der Waals surface area contributed by atoms with Crippen molar-refractivity contribution >= 4 is 23.7 Å². The Morgan fingerprint density at radius 3 is 2.29 bits per heavy atom. The molecule has 0 radical (unpaired) electrons. The number of hydrogen-bond acceptors (Lipinski definition) is 6. The summed E-state index contributed by atoms with van der Waals surface area (Å²) in [6.45, 7) is 2.57. The second-order valence-electron chi connectivity index (χ2n) is 7.46. The van der Waals surface area contributed by atoms with Gasteiger partial charge < -0.3 is 24.8 Å². The van der Waals surface area contributed by atoms with Gasteiger partial charge in [-0.3, -0.25) is 9.59 Å². The van der Waals surface area contributed by atoms with Crippen LogP contribution in [0.3, 0.4) is 0 Å². The highest BCUT2D eigenvalue weighted by Crippen LogP contribution is 2.17. The van der Waals surface area contributed by atoms with Crippen LogP contribution in [-0.2, 0) is 16.1 Å². The van der Waals surface area contributed by atoms with E-state index in [4.69, 9.17) is 14.2 Å². The summed E-state index contributed by atoms with van der Waals surface area (Å²) in [7, 11) is 0. The molecule has 2 N–H and O–H groups in total. The highest BCUT2D eigenvalue weighted by Gasteiger charge is 2.11. The average Bonchev–Trinajstić information content (AvgIpc) is 2.87. The van der Waals surface area contributed by atoms with Crippen molar-refractivity contribution in [3.8, 4) is 11.5 Å². The zero-order valence-corrected chi connectivity index (χ0v) is 19.5. The van der Waals surface area contributed by atoms with Crippen molar-refractivity contribution in [2.75, 3.05) is 18.5 Å². The Bertz CT molecular complexity index is 1120. The van der Waals surface area contributed by atoms with E-state index < -0.39 is 6.16 Å². The lowest BCUT2D eigenvalue weighted by molar-refractivity contribution is -0.116. The molecule has 182 valence electrons. The number of rotatable bonds is 11. The Labute approximate surface area is 204 Å². The quantitative estimate of drug-likeness (QED) is 0.231. The van der Waals surface area contributed by atoms with Crippen molar-refractivity contribution in [1.82, 2.24) is 5.32 Å². The van der Waals surface area contributed by atoms with Gasteiger partial charge in [-0.15, -0.1) is 0 Å². The first-order chi connectivity index (χ1) is 17.0. The number of carbonyl (C=O) groups is 3. The van der Waals surface area contributed by atoms with Gasteiger partial charge in [0.1, 0.15) is 11.5 Å². The summed E-state index contributed by atoms with van der Waals surface area (Å²) in [6, 6.07) is 22.9. The molecule has 0 unspecified atom stereocenters. The van der Waals surface area contributed by atoms with E-state index in [1.165, 1.54) is 12.1 Å². The highest BCUT2D eigenvalue weighted by molar-refractivity contribution is 5.95. The maximum Gasteiger partial charge on any atom is 0.513 e. The highest BCUT2D eigenvalue weighted by atomic mass is 16.7. The molecule has 0 saturated carbocycles. The molecule has 0 fully saturated rings. The lowest BCUT2D eigenvalue weighted by atomic mass is 10.1. The van der Waals surface area contributed by atoms with Crippen LogP contribution in [-0.4, -0.2) is 31.2 Å². The molecule has 0 spiro atoms. The fourth-order valence-corrected chi connectivity index (χ4v) is 3.14. The summed E-state index contributed by atoms with van der Waals surface area (Å²) in [5, 5.41) is 5.74. The summed E-state index contributed by atoms with van der Waals surface area (Å²) in [5.41, 5.74) is 1.82. The molecule has 3 aromatic carbocycles. The predicted molar refractivity (Wildman–Crippen MR) is 132 cm³/mol. The second kappa shape index (κ2) is 13.4. The van der Waals surface area contributed by atoms with Crippen molar-refractivity contribution in [1.29, 1.82) is 0 Å². The Hall–Kier alpha value is -4.33. The number of hydrogen-bond donors (Lipinski definition) is 2. The molecule has 35 heavy (non-hydrogen) atoms. The van der Waals surface area contributed by atoms with Crippen molar-refractivity contribution in [2.24, 2.45) is 0 Å². The first-order valence-corrected chi connectivity index (χ1v) is 11.3. The van der Waals surface area contributed by atoms with Crippen LogP contribution in [0.2, 0.25) is 0 Å². The van der Waals surface area contributed by atoms with E-state index in [1.807, 2.05) is 48.5 Å². The van der Waals surface area contributed by atoms with Gasteiger partial charge in [-0.05, 0) is 61.4 Å². The minimum Gasteiger partial charge on any atom is -0.494 e. The predicted octanol–water partition coefficient (Wildman–Crippen LogP) is 4.95. The lowest BCUT2D eigenvalue weighted by Crippen LogP contribution is -2.24. The molecule has 8 nitrogen and oxygen atoms in total. The van der Waals surface area contributed by atoms with Gasteiger partial charge in [0.15, 0.2) is 0 Å². The van der Waals surface area contributed by atoms with E-state index in [-0.39, 0.29) is 30.7 Å². The minimum atomic E-state index is -0.799. The third kappa shape index (κ3) is 8.51. The number of benzene rings is 3. The molecule has 0 aliphatic heterocycles. The third-order valence-electron chi connectivity index (χ3n) is 4.87. The van der Waals surface area contributed by atoms with Gasteiger partial charge in [-0.1, -0.05) is 36.4 Å². The number of nitrogens with one attached hydrogen (secondary N) is 2. The molecule has 3 rings (SSSR count). The van der Waals surface area contributed by atoms with E-state index in [1.54, 1.807) is 25.1 Å². The summed E-state index contributed by atoms with van der Waals surface area (Å²) < 4.78 is 15.3. The fourth-order valence-electron chi connectivity index (χ4n) is 3.14. The monoisotopic (exact) mass is 476 g/mol. The van der Waals surface area contributed by atoms with Crippen LogP contribution in [0.4, 0.5) is 10.5 Å². The zero-order valence-electron chi connectivity index (χ0n) is 19.5. The van der Waals surface area contributed by atoms with Crippen LogP contribution >= 0.6 is 0 Å². The molecular weight excluding hydrogens is 448 g/mol. The molecule has 0 bridgehead atoms. The smallest absolute Gasteiger partial charge is 0.494 e. The molecular formula is C27H28N2O6. The minimum absolute atomic E-state index is 0.127. The second-order valence-corrected chi connectivity index (χ2v) is 7.46. The molecule has 3 aromatic rings. The summed E-state index contributed by atoms with van der Waals surface area (Å²) >= 11 is 0. The van der Waals surface area contributed by atoms with Gasteiger partial charge in [0.25, 0.3) is 5.91 Å². The van der Waals surface area contributed by atoms with Crippen molar-refractivity contribution in [3.05, 3.63) is 90.0 Å². The fraction of sp³-hybridized carbons (Fsp3) is 0.222. The SMILES string of the molecule is CCOC(=O)Oc1ccc(C(=O)NCc2ccccc2NC(=O)CCCOc2ccccc2)cc1. The molecule has 0 saturated heterocycles. The van der Waals surface area contributed by atoms with Gasteiger partial charge in [-0.25, -0.2) is 4.79 Å². The Balaban J connectivity index is 1.46. The van der Waals surface area contributed by atoms with Gasteiger partial charge in [-0.2, -0.15) is 0 Å². The summed E-state index contributed by atoms with van der Waals surface area (Å²) in [6.07, 6.45) is 0.0931. The molecule has 8 heteroatoms. The van der Waals surface area contributed by atoms with E-state index >= 15 is 0 Å². The van der Waals surface area contributed by atoms with Crippen LogP contribution < -0.4 is 20.1 Å². The molecule has 0 atom stereocenters. The molecule has 2 amide bonds. The van der Waals surface area contributed by atoms with E-state index in [9.17, 15) is 14.4 Å². The first-order valence-electron chi connectivity index (χ1n) is 11.3. The summed E-state index contributed by atoms with van der Waals surface area (Å²) in [5.74, 6) is 0.627. The van der Waals surface area contributed by atoms with E-state index in [0.29, 0.717) is 30.7 Å². The zero-order chi connectivity index (χ0) is 24.9. The average molecular weight is 477 g/mol. The molecule has 0 aliphatic carbocycles. The van der Waals surface area contributed by atoms with E-state index in [0.717, 1.165) is 11.3 Å². The normalized spacial score (nSPS) is 10.2. The maximum absolute atomic E-state index is 12.5. The Morgan fingerprint density at radius 2 is 1.54 bits per heavy atom. The lowest BCUT2D eigenvalue weighted by Gasteiger charge is -2.12. The van der Waals surface area contributed by atoms with Crippen LogP contribution in [0.1, 0.15) is 35.7 Å². The Kier molecular flexibility index (Phi) is 9.68. The van der Waals surface area contributed by atoms with Crippen LogP contribution in [0.25, 0.3) is 0 Å². The van der Waals surface area contributed by atoms with Crippen LogP contribution in [0.5, 0.6) is 11.5 Å². The number of amides is 2. The van der Waals surface area contributed by atoms with E-state index in [2.05, 4.69) is 10.6 Å². The first kappa shape index (κ1) is 25.3. The topological polar surface area (TPSA) is 103 Å². The molecule has 0 aromatic heterocycles. The van der Waals surface area contributed by atoms with Crippen molar-refractivity contribution in [3.63, 3.8) is 0 Å². The largest absolute Gasteiger partial charge is 0.513 e. The number of anilines is 1. The molecule has 0 heterocycles. The van der Waals surface area contributed by atoms with Gasteiger partial charge in [0.05, 0.1) is 13.2 Å². The third-order valence-corrected chi connectivity index (χ3v) is 4.87. The molecule has 0 aliphatic rings. The Morgan fingerprint density at radius 1 is 0.829 bits per heavy atom.